The molecule has 0 aromatic carbocycles. The SMILES string of the molecule is CCCNC1CCC(N(C)C(=O)C2CC2(C)C)CC1. The Balaban J connectivity index is 1.76. The monoisotopic (exact) mass is 266 g/mol. The average molecular weight is 266 g/mol. The van der Waals surface area contributed by atoms with Gasteiger partial charge in [0, 0.05) is 25.0 Å². The van der Waals surface area contributed by atoms with Crippen LogP contribution in [0.3, 0.4) is 0 Å². The molecule has 1 N–H and O–H groups in total. The lowest BCUT2D eigenvalue weighted by molar-refractivity contribution is -0.134. The maximum atomic E-state index is 12.4. The summed E-state index contributed by atoms with van der Waals surface area (Å²) in [6.45, 7) is 7.74. The molecule has 0 saturated heterocycles. The Morgan fingerprint density at radius 1 is 1.26 bits per heavy atom. The summed E-state index contributed by atoms with van der Waals surface area (Å²) >= 11 is 0. The number of nitrogens with zero attached hydrogens (tertiary/aromatic N) is 1. The van der Waals surface area contributed by atoms with Gasteiger partial charge in [-0.15, -0.1) is 0 Å². The van der Waals surface area contributed by atoms with Gasteiger partial charge in [-0.05, 0) is 50.5 Å². The molecule has 0 radical (unpaired) electrons. The van der Waals surface area contributed by atoms with Crippen molar-refractivity contribution in [3.8, 4) is 0 Å². The fourth-order valence-electron chi connectivity index (χ4n) is 3.33. The van der Waals surface area contributed by atoms with Crippen LogP contribution in [0.15, 0.2) is 0 Å². The van der Waals surface area contributed by atoms with E-state index in [0.717, 1.165) is 25.8 Å². The van der Waals surface area contributed by atoms with Crippen LogP contribution in [-0.4, -0.2) is 36.5 Å². The number of hydrogen-bond acceptors (Lipinski definition) is 2. The molecule has 1 atom stereocenters. The first kappa shape index (κ1) is 14.8. The maximum Gasteiger partial charge on any atom is 0.226 e. The van der Waals surface area contributed by atoms with Crippen LogP contribution in [0.5, 0.6) is 0 Å². The molecule has 0 aromatic heterocycles. The molecule has 0 heterocycles. The van der Waals surface area contributed by atoms with Crippen LogP contribution in [0.4, 0.5) is 0 Å². The molecule has 2 aliphatic rings. The lowest BCUT2D eigenvalue weighted by Crippen LogP contribution is -2.44. The van der Waals surface area contributed by atoms with Crippen LogP contribution in [0.25, 0.3) is 0 Å². The smallest absolute Gasteiger partial charge is 0.226 e. The second kappa shape index (κ2) is 5.82. The Morgan fingerprint density at radius 3 is 2.32 bits per heavy atom. The van der Waals surface area contributed by atoms with E-state index in [-0.39, 0.29) is 11.3 Å². The third-order valence-corrected chi connectivity index (χ3v) is 5.09. The van der Waals surface area contributed by atoms with Gasteiger partial charge < -0.3 is 10.2 Å². The van der Waals surface area contributed by atoms with E-state index in [1.165, 1.54) is 19.3 Å². The lowest BCUT2D eigenvalue weighted by Gasteiger charge is -2.35. The highest BCUT2D eigenvalue weighted by Gasteiger charge is 2.52. The molecule has 2 rings (SSSR count). The van der Waals surface area contributed by atoms with E-state index in [1.54, 1.807) is 0 Å². The highest BCUT2D eigenvalue weighted by Crippen LogP contribution is 2.52. The predicted octanol–water partition coefficient (Wildman–Crippen LogP) is 2.80. The second-order valence-electron chi connectivity index (χ2n) is 7.15. The molecule has 19 heavy (non-hydrogen) atoms. The molecule has 0 aliphatic heterocycles. The molecule has 0 bridgehead atoms. The van der Waals surface area contributed by atoms with Crippen LogP contribution < -0.4 is 5.32 Å². The number of carbonyl (C=O) groups excluding carboxylic acids is 1. The van der Waals surface area contributed by atoms with Gasteiger partial charge in [-0.25, -0.2) is 0 Å². The maximum absolute atomic E-state index is 12.4. The van der Waals surface area contributed by atoms with E-state index in [4.69, 9.17) is 0 Å². The van der Waals surface area contributed by atoms with Crippen LogP contribution in [0.1, 0.15) is 59.3 Å². The molecule has 0 spiro atoms. The highest BCUT2D eigenvalue weighted by atomic mass is 16.2. The zero-order valence-corrected chi connectivity index (χ0v) is 13.0. The molecule has 2 saturated carbocycles. The van der Waals surface area contributed by atoms with Crippen molar-refractivity contribution in [2.75, 3.05) is 13.6 Å². The van der Waals surface area contributed by atoms with E-state index >= 15 is 0 Å². The summed E-state index contributed by atoms with van der Waals surface area (Å²) in [6, 6.07) is 1.15. The van der Waals surface area contributed by atoms with Crippen LogP contribution in [0, 0.1) is 11.3 Å². The van der Waals surface area contributed by atoms with Crippen molar-refractivity contribution < 1.29 is 4.79 Å². The minimum atomic E-state index is 0.255. The molecule has 1 amide bonds. The van der Waals surface area contributed by atoms with Gasteiger partial charge in [-0.2, -0.15) is 0 Å². The van der Waals surface area contributed by atoms with Gasteiger partial charge in [0.2, 0.25) is 5.91 Å². The lowest BCUT2D eigenvalue weighted by atomic mass is 9.90. The Hall–Kier alpha value is -0.570. The van der Waals surface area contributed by atoms with Crippen molar-refractivity contribution in [1.82, 2.24) is 10.2 Å². The third-order valence-electron chi connectivity index (χ3n) is 5.09. The number of hydrogen-bond donors (Lipinski definition) is 1. The third kappa shape index (κ3) is 3.50. The average Bonchev–Trinajstić information content (AvgIpc) is 3.04. The molecular formula is C16H30N2O. The van der Waals surface area contributed by atoms with Crippen molar-refractivity contribution in [2.24, 2.45) is 11.3 Å². The van der Waals surface area contributed by atoms with E-state index < -0.39 is 0 Å². The summed E-state index contributed by atoms with van der Waals surface area (Å²) in [5.41, 5.74) is 0.255. The Labute approximate surface area is 118 Å². The first-order valence-corrected chi connectivity index (χ1v) is 7.95. The molecule has 0 aromatic rings. The molecule has 2 fully saturated rings. The summed E-state index contributed by atoms with van der Waals surface area (Å²) < 4.78 is 0. The predicted molar refractivity (Wildman–Crippen MR) is 79.0 cm³/mol. The Kier molecular flexibility index (Phi) is 4.54. The number of nitrogens with one attached hydrogen (secondary N) is 1. The van der Waals surface area contributed by atoms with Crippen molar-refractivity contribution in [1.29, 1.82) is 0 Å². The van der Waals surface area contributed by atoms with Gasteiger partial charge in [0.1, 0.15) is 0 Å². The first-order valence-electron chi connectivity index (χ1n) is 7.95. The van der Waals surface area contributed by atoms with Gasteiger partial charge in [-0.3, -0.25) is 4.79 Å². The van der Waals surface area contributed by atoms with Gasteiger partial charge >= 0.3 is 0 Å². The first-order chi connectivity index (χ1) is 8.95. The van der Waals surface area contributed by atoms with Crippen LogP contribution in [-0.2, 0) is 4.79 Å². The minimum Gasteiger partial charge on any atom is -0.343 e. The van der Waals surface area contributed by atoms with E-state index in [0.29, 0.717) is 18.0 Å². The Bertz CT molecular complexity index is 319. The van der Waals surface area contributed by atoms with Gasteiger partial charge in [0.25, 0.3) is 0 Å². The van der Waals surface area contributed by atoms with Crippen molar-refractivity contribution in [3.63, 3.8) is 0 Å². The summed E-state index contributed by atoms with van der Waals surface area (Å²) in [4.78, 5) is 14.4. The quantitative estimate of drug-likeness (QED) is 0.830. The summed E-state index contributed by atoms with van der Waals surface area (Å²) in [5, 5.41) is 3.60. The number of carbonyl (C=O) groups is 1. The van der Waals surface area contributed by atoms with Gasteiger partial charge in [0.15, 0.2) is 0 Å². The molecular weight excluding hydrogens is 236 g/mol. The van der Waals surface area contributed by atoms with Gasteiger partial charge in [-0.1, -0.05) is 20.8 Å². The Morgan fingerprint density at radius 2 is 1.84 bits per heavy atom. The zero-order valence-electron chi connectivity index (χ0n) is 13.0. The summed E-state index contributed by atoms with van der Waals surface area (Å²) in [7, 11) is 2.02. The highest BCUT2D eigenvalue weighted by molar-refractivity contribution is 5.82. The minimum absolute atomic E-state index is 0.255. The van der Waals surface area contributed by atoms with Gasteiger partial charge in [0.05, 0.1) is 0 Å². The van der Waals surface area contributed by atoms with Crippen molar-refractivity contribution in [2.45, 2.75) is 71.4 Å². The molecule has 3 nitrogen and oxygen atoms in total. The molecule has 1 unspecified atom stereocenters. The molecule has 110 valence electrons. The summed E-state index contributed by atoms with van der Waals surface area (Å²) in [5.74, 6) is 0.670. The van der Waals surface area contributed by atoms with Crippen molar-refractivity contribution in [3.05, 3.63) is 0 Å². The standard InChI is InChI=1S/C16H30N2O/c1-5-10-17-12-6-8-13(9-7-12)18(4)15(19)14-11-16(14,2)3/h12-14,17H,5-11H2,1-4H3. The summed E-state index contributed by atoms with van der Waals surface area (Å²) in [6.07, 6.45) is 7.04. The fourth-order valence-corrected chi connectivity index (χ4v) is 3.33. The largest absolute Gasteiger partial charge is 0.343 e. The van der Waals surface area contributed by atoms with Crippen LogP contribution >= 0.6 is 0 Å². The van der Waals surface area contributed by atoms with Crippen molar-refractivity contribution >= 4 is 5.91 Å². The zero-order chi connectivity index (χ0) is 14.0. The van der Waals surface area contributed by atoms with E-state index in [2.05, 4.69) is 31.0 Å². The fraction of sp³-hybridized carbons (Fsp3) is 0.938. The van der Waals surface area contributed by atoms with Crippen LogP contribution in [0.2, 0.25) is 0 Å². The second-order valence-corrected chi connectivity index (χ2v) is 7.15. The van der Waals surface area contributed by atoms with E-state index in [1.807, 2.05) is 7.05 Å². The topological polar surface area (TPSA) is 32.3 Å². The molecule has 2 aliphatic carbocycles. The number of amides is 1. The number of rotatable bonds is 5. The molecule has 3 heteroatoms. The van der Waals surface area contributed by atoms with E-state index in [9.17, 15) is 4.79 Å². The normalized spacial score (nSPS) is 32.9.